The lowest BCUT2D eigenvalue weighted by Gasteiger charge is -2.22. The number of rotatable bonds is 5. The Morgan fingerprint density at radius 3 is 2.79 bits per heavy atom. The minimum Gasteiger partial charge on any atom is -0.351 e. The molecule has 1 N–H and O–H groups in total. The molecule has 1 unspecified atom stereocenters. The van der Waals surface area contributed by atoms with Crippen molar-refractivity contribution in [2.45, 2.75) is 46.1 Å². The van der Waals surface area contributed by atoms with Crippen molar-refractivity contribution in [3.8, 4) is 0 Å². The van der Waals surface area contributed by atoms with Crippen LogP contribution in [0, 0.1) is 13.8 Å². The van der Waals surface area contributed by atoms with E-state index in [-0.39, 0.29) is 17.9 Å². The van der Waals surface area contributed by atoms with Gasteiger partial charge in [-0.15, -0.1) is 0 Å². The zero-order valence-corrected chi connectivity index (χ0v) is 17.1. The predicted octanol–water partition coefficient (Wildman–Crippen LogP) is 3.44. The van der Waals surface area contributed by atoms with Gasteiger partial charge in [-0.3, -0.25) is 14.0 Å². The smallest absolute Gasteiger partial charge is 0.270 e. The molecule has 6 nitrogen and oxygen atoms in total. The molecule has 0 saturated heterocycles. The van der Waals surface area contributed by atoms with E-state index in [9.17, 15) is 9.59 Å². The van der Waals surface area contributed by atoms with Crippen LogP contribution in [0.15, 0.2) is 42.6 Å². The lowest BCUT2D eigenvalue weighted by molar-refractivity contribution is -0.119. The van der Waals surface area contributed by atoms with Crippen LogP contribution in [0.4, 0.5) is 5.69 Å². The van der Waals surface area contributed by atoms with Crippen molar-refractivity contribution in [2.24, 2.45) is 0 Å². The Morgan fingerprint density at radius 1 is 1.17 bits per heavy atom. The van der Waals surface area contributed by atoms with Gasteiger partial charge in [-0.1, -0.05) is 24.3 Å². The number of carbonyl (C=O) groups is 2. The Balaban J connectivity index is 1.36. The Kier molecular flexibility index (Phi) is 5.09. The average Bonchev–Trinajstić information content (AvgIpc) is 3.21. The van der Waals surface area contributed by atoms with Crippen molar-refractivity contribution in [3.63, 3.8) is 0 Å². The number of carbonyl (C=O) groups excluding carboxylic acids is 2. The molecule has 0 radical (unpaired) electrons. The number of aryl methyl sites for hydroxylation is 2. The van der Waals surface area contributed by atoms with Crippen molar-refractivity contribution < 1.29 is 9.59 Å². The van der Waals surface area contributed by atoms with Gasteiger partial charge in [0.05, 0.1) is 5.69 Å². The first kappa shape index (κ1) is 19.2. The summed E-state index contributed by atoms with van der Waals surface area (Å²) in [7, 11) is 0. The number of para-hydroxylation sites is 1. The van der Waals surface area contributed by atoms with Crippen molar-refractivity contribution in [2.75, 3.05) is 11.4 Å². The summed E-state index contributed by atoms with van der Waals surface area (Å²) in [6.45, 7) is 6.35. The summed E-state index contributed by atoms with van der Waals surface area (Å²) in [6, 6.07) is 12.1. The molecule has 0 bridgehead atoms. The van der Waals surface area contributed by atoms with Gasteiger partial charge in [-0.25, -0.2) is 4.98 Å². The van der Waals surface area contributed by atoms with E-state index in [0.717, 1.165) is 23.3 Å². The second-order valence-electron chi connectivity index (χ2n) is 7.74. The zero-order valence-electron chi connectivity index (χ0n) is 17.1. The van der Waals surface area contributed by atoms with Gasteiger partial charge in [0.25, 0.3) is 5.91 Å². The highest BCUT2D eigenvalue weighted by atomic mass is 16.2. The maximum Gasteiger partial charge on any atom is 0.270 e. The van der Waals surface area contributed by atoms with Crippen LogP contribution in [0.1, 0.15) is 47.1 Å². The number of nitrogens with zero attached hydrogens (tertiary/aromatic N) is 3. The van der Waals surface area contributed by atoms with Crippen LogP contribution in [0.25, 0.3) is 5.65 Å². The molecule has 3 heterocycles. The van der Waals surface area contributed by atoms with E-state index in [1.165, 1.54) is 5.56 Å². The minimum atomic E-state index is -0.159. The standard InChI is InChI=1S/C23H26N4O2/c1-15-8-7-13-26-21(17(3)25-22(15)26)23(29)24-12-6-11-20(28)27-16(2)14-18-9-4-5-10-19(18)27/h4-5,7-10,13,16H,6,11-12,14H2,1-3H3,(H,24,29). The summed E-state index contributed by atoms with van der Waals surface area (Å²) < 4.78 is 1.83. The molecule has 3 aromatic rings. The summed E-state index contributed by atoms with van der Waals surface area (Å²) in [6.07, 6.45) is 3.76. The number of nitrogens with one attached hydrogen (secondary N) is 1. The highest BCUT2D eigenvalue weighted by molar-refractivity contribution is 5.96. The monoisotopic (exact) mass is 390 g/mol. The van der Waals surface area contributed by atoms with E-state index in [0.29, 0.717) is 30.8 Å². The minimum absolute atomic E-state index is 0.110. The molecule has 1 aromatic carbocycles. The number of hydrogen-bond donors (Lipinski definition) is 1. The summed E-state index contributed by atoms with van der Waals surface area (Å²) in [5.41, 5.74) is 5.32. The molecule has 2 aromatic heterocycles. The SMILES string of the molecule is Cc1nc2c(C)cccn2c1C(=O)NCCCC(=O)N1c2ccccc2CC1C. The van der Waals surface area contributed by atoms with Gasteiger partial charge >= 0.3 is 0 Å². The molecule has 1 atom stereocenters. The number of anilines is 1. The Labute approximate surface area is 170 Å². The van der Waals surface area contributed by atoms with Crippen LogP contribution in [-0.4, -0.2) is 33.8 Å². The average molecular weight is 390 g/mol. The molecule has 29 heavy (non-hydrogen) atoms. The number of imidazole rings is 1. The fourth-order valence-corrected chi connectivity index (χ4v) is 4.18. The van der Waals surface area contributed by atoms with Crippen molar-refractivity contribution >= 4 is 23.1 Å². The summed E-state index contributed by atoms with van der Waals surface area (Å²) in [5, 5.41) is 2.94. The van der Waals surface area contributed by atoms with Crippen molar-refractivity contribution in [1.29, 1.82) is 0 Å². The van der Waals surface area contributed by atoms with Gasteiger partial charge in [-0.2, -0.15) is 0 Å². The van der Waals surface area contributed by atoms with Crippen LogP contribution >= 0.6 is 0 Å². The van der Waals surface area contributed by atoms with Crippen LogP contribution in [-0.2, 0) is 11.2 Å². The molecule has 0 aliphatic carbocycles. The molecule has 0 fully saturated rings. The third kappa shape index (κ3) is 3.50. The van der Waals surface area contributed by atoms with Crippen LogP contribution in [0.5, 0.6) is 0 Å². The van der Waals surface area contributed by atoms with Crippen molar-refractivity contribution in [3.05, 3.63) is 65.1 Å². The van der Waals surface area contributed by atoms with Gasteiger partial charge in [0.2, 0.25) is 5.91 Å². The van der Waals surface area contributed by atoms with E-state index in [1.54, 1.807) is 0 Å². The van der Waals surface area contributed by atoms with Crippen LogP contribution < -0.4 is 10.2 Å². The molecule has 150 valence electrons. The first-order chi connectivity index (χ1) is 14.0. The van der Waals surface area contributed by atoms with Gasteiger partial charge < -0.3 is 10.2 Å². The lowest BCUT2D eigenvalue weighted by Crippen LogP contribution is -2.36. The molecule has 6 heteroatoms. The topological polar surface area (TPSA) is 66.7 Å². The molecule has 1 aliphatic rings. The van der Waals surface area contributed by atoms with E-state index in [1.807, 2.05) is 59.7 Å². The molecule has 0 saturated carbocycles. The Morgan fingerprint density at radius 2 is 1.97 bits per heavy atom. The number of benzene rings is 1. The van der Waals surface area contributed by atoms with Gasteiger partial charge in [0.15, 0.2) is 0 Å². The largest absolute Gasteiger partial charge is 0.351 e. The number of hydrogen-bond acceptors (Lipinski definition) is 3. The Bertz CT molecular complexity index is 1090. The summed E-state index contributed by atoms with van der Waals surface area (Å²) in [5.74, 6) is -0.0498. The lowest BCUT2D eigenvalue weighted by atomic mass is 10.1. The van der Waals surface area contributed by atoms with Crippen molar-refractivity contribution in [1.82, 2.24) is 14.7 Å². The second kappa shape index (κ2) is 7.70. The van der Waals surface area contributed by atoms with E-state index < -0.39 is 0 Å². The van der Waals surface area contributed by atoms with Gasteiger partial charge in [0, 0.05) is 30.9 Å². The highest BCUT2D eigenvalue weighted by Gasteiger charge is 2.30. The van der Waals surface area contributed by atoms with Gasteiger partial charge in [-0.05, 0) is 56.9 Å². The van der Waals surface area contributed by atoms with E-state index >= 15 is 0 Å². The fraction of sp³-hybridized carbons (Fsp3) is 0.348. The molecule has 1 aliphatic heterocycles. The molecule has 4 rings (SSSR count). The first-order valence-electron chi connectivity index (χ1n) is 10.1. The zero-order chi connectivity index (χ0) is 20.5. The van der Waals surface area contributed by atoms with Crippen LogP contribution in [0.3, 0.4) is 0 Å². The molecular formula is C23H26N4O2. The van der Waals surface area contributed by atoms with Gasteiger partial charge in [0.1, 0.15) is 11.3 Å². The predicted molar refractivity (Wildman–Crippen MR) is 113 cm³/mol. The maximum absolute atomic E-state index is 12.8. The molecule has 2 amide bonds. The third-order valence-corrected chi connectivity index (χ3v) is 5.56. The Hall–Kier alpha value is -3.15. The van der Waals surface area contributed by atoms with Crippen LogP contribution in [0.2, 0.25) is 0 Å². The normalized spacial score (nSPS) is 15.6. The molecular weight excluding hydrogens is 364 g/mol. The van der Waals surface area contributed by atoms with E-state index in [2.05, 4.69) is 23.3 Å². The maximum atomic E-state index is 12.8. The molecule has 0 spiro atoms. The number of pyridine rings is 1. The van der Waals surface area contributed by atoms with E-state index in [4.69, 9.17) is 0 Å². The summed E-state index contributed by atoms with van der Waals surface area (Å²) >= 11 is 0. The third-order valence-electron chi connectivity index (χ3n) is 5.56. The first-order valence-corrected chi connectivity index (χ1v) is 10.1. The number of aromatic nitrogens is 2. The highest BCUT2D eigenvalue weighted by Crippen LogP contribution is 2.32. The number of amides is 2. The number of fused-ring (bicyclic) bond motifs is 2. The summed E-state index contributed by atoms with van der Waals surface area (Å²) in [4.78, 5) is 31.9. The fourth-order valence-electron chi connectivity index (χ4n) is 4.18. The second-order valence-corrected chi connectivity index (χ2v) is 7.74. The quantitative estimate of drug-likeness (QED) is 0.679.